The van der Waals surface area contributed by atoms with Gasteiger partial charge in [0.25, 0.3) is 0 Å². The summed E-state index contributed by atoms with van der Waals surface area (Å²) in [5.74, 6) is 0. The van der Waals surface area contributed by atoms with E-state index in [0.29, 0.717) is 5.41 Å². The first kappa shape index (κ1) is 9.26. The zero-order valence-electron chi connectivity index (χ0n) is 7.89. The van der Waals surface area contributed by atoms with Gasteiger partial charge in [0.2, 0.25) is 0 Å². The highest BCUT2D eigenvalue weighted by Crippen LogP contribution is 2.45. The van der Waals surface area contributed by atoms with Crippen LogP contribution in [0, 0.1) is 6.42 Å². The molecule has 1 aliphatic rings. The van der Waals surface area contributed by atoms with Crippen molar-refractivity contribution >= 4 is 15.9 Å². The monoisotopic (exact) mass is 237 g/mol. The molecule has 0 nitrogen and oxygen atoms in total. The second-order valence-electron chi connectivity index (χ2n) is 3.81. The molecule has 0 aliphatic heterocycles. The first-order valence-electron chi connectivity index (χ1n) is 4.83. The molecule has 0 spiro atoms. The van der Waals surface area contributed by atoms with E-state index in [0.717, 1.165) is 0 Å². The Morgan fingerprint density at radius 2 is 1.85 bits per heavy atom. The molecule has 1 radical (unpaired) electrons. The quantitative estimate of drug-likeness (QED) is 0.727. The SMILES string of the molecule is C[CH]C1(c2ccc(Br)cc2)CCC1. The molecule has 13 heavy (non-hydrogen) atoms. The lowest BCUT2D eigenvalue weighted by Crippen LogP contribution is -2.33. The van der Waals surface area contributed by atoms with Gasteiger partial charge in [-0.1, -0.05) is 41.4 Å². The van der Waals surface area contributed by atoms with Crippen LogP contribution in [0.15, 0.2) is 28.7 Å². The van der Waals surface area contributed by atoms with E-state index >= 15 is 0 Å². The number of hydrogen-bond donors (Lipinski definition) is 0. The topological polar surface area (TPSA) is 0 Å². The van der Waals surface area contributed by atoms with Crippen molar-refractivity contribution in [2.45, 2.75) is 31.6 Å². The van der Waals surface area contributed by atoms with Crippen LogP contribution in [-0.4, -0.2) is 0 Å². The van der Waals surface area contributed by atoms with Crippen molar-refractivity contribution in [2.24, 2.45) is 0 Å². The summed E-state index contributed by atoms with van der Waals surface area (Å²) in [7, 11) is 0. The average Bonchev–Trinajstić information content (AvgIpc) is 2.07. The Balaban J connectivity index is 2.28. The van der Waals surface area contributed by atoms with Crippen molar-refractivity contribution in [1.29, 1.82) is 0 Å². The van der Waals surface area contributed by atoms with Crippen molar-refractivity contribution in [3.63, 3.8) is 0 Å². The lowest BCUT2D eigenvalue weighted by molar-refractivity contribution is 0.289. The van der Waals surface area contributed by atoms with Gasteiger partial charge in [0, 0.05) is 4.47 Å². The number of rotatable bonds is 2. The van der Waals surface area contributed by atoms with Gasteiger partial charge >= 0.3 is 0 Å². The first-order chi connectivity index (χ1) is 6.27. The van der Waals surface area contributed by atoms with Crippen LogP contribution in [0.1, 0.15) is 31.7 Å². The van der Waals surface area contributed by atoms with Crippen LogP contribution in [0.4, 0.5) is 0 Å². The van der Waals surface area contributed by atoms with Gasteiger partial charge in [-0.15, -0.1) is 0 Å². The van der Waals surface area contributed by atoms with Crippen molar-refractivity contribution in [2.75, 3.05) is 0 Å². The minimum atomic E-state index is 0.403. The van der Waals surface area contributed by atoms with Crippen LogP contribution in [0.2, 0.25) is 0 Å². The summed E-state index contributed by atoms with van der Waals surface area (Å²) in [6.07, 6.45) is 6.39. The third-order valence-corrected chi connectivity index (χ3v) is 3.75. The molecule has 1 saturated carbocycles. The van der Waals surface area contributed by atoms with Crippen molar-refractivity contribution < 1.29 is 0 Å². The minimum absolute atomic E-state index is 0.403. The Morgan fingerprint density at radius 1 is 1.23 bits per heavy atom. The molecule has 1 aliphatic carbocycles. The second-order valence-corrected chi connectivity index (χ2v) is 4.72. The fourth-order valence-electron chi connectivity index (χ4n) is 2.08. The number of halogens is 1. The first-order valence-corrected chi connectivity index (χ1v) is 5.63. The highest BCUT2D eigenvalue weighted by Gasteiger charge is 2.36. The summed E-state index contributed by atoms with van der Waals surface area (Å²) in [6.45, 7) is 2.18. The maximum Gasteiger partial charge on any atom is 0.0175 e. The molecule has 0 aromatic heterocycles. The molecule has 1 aromatic rings. The highest BCUT2D eigenvalue weighted by atomic mass is 79.9. The summed E-state index contributed by atoms with van der Waals surface area (Å²) < 4.78 is 1.17. The fraction of sp³-hybridized carbons (Fsp3) is 0.417. The predicted molar refractivity (Wildman–Crippen MR) is 59.6 cm³/mol. The standard InChI is InChI=1S/C12H14Br/c1-2-12(8-3-9-12)10-4-6-11(13)7-5-10/h2,4-7H,3,8-9H2,1H3. The Morgan fingerprint density at radius 3 is 2.23 bits per heavy atom. The van der Waals surface area contributed by atoms with Crippen molar-refractivity contribution in [3.05, 3.63) is 40.7 Å². The molecular formula is C12H14Br. The van der Waals surface area contributed by atoms with Crippen LogP contribution in [0.25, 0.3) is 0 Å². The lowest BCUT2D eigenvalue weighted by Gasteiger charge is -2.41. The molecule has 0 saturated heterocycles. The normalized spacial score (nSPS) is 19.5. The average molecular weight is 238 g/mol. The third-order valence-electron chi connectivity index (χ3n) is 3.22. The number of benzene rings is 1. The molecule has 1 heteroatoms. The van der Waals surface area contributed by atoms with Crippen LogP contribution >= 0.6 is 15.9 Å². The van der Waals surface area contributed by atoms with Gasteiger partial charge in [0.15, 0.2) is 0 Å². The Kier molecular flexibility index (Phi) is 2.46. The van der Waals surface area contributed by atoms with E-state index in [9.17, 15) is 0 Å². The molecule has 0 unspecified atom stereocenters. The van der Waals surface area contributed by atoms with Gasteiger partial charge < -0.3 is 0 Å². The minimum Gasteiger partial charge on any atom is -0.0614 e. The molecule has 1 fully saturated rings. The molecular weight excluding hydrogens is 224 g/mol. The molecule has 0 N–H and O–H groups in total. The zero-order chi connectivity index (χ0) is 9.31. The van der Waals surface area contributed by atoms with E-state index in [2.05, 4.69) is 53.5 Å². The zero-order valence-corrected chi connectivity index (χ0v) is 9.47. The summed E-state index contributed by atoms with van der Waals surface area (Å²) in [4.78, 5) is 0. The third kappa shape index (κ3) is 1.54. The van der Waals surface area contributed by atoms with Gasteiger partial charge in [-0.2, -0.15) is 0 Å². The van der Waals surface area contributed by atoms with Crippen molar-refractivity contribution in [1.82, 2.24) is 0 Å². The molecule has 0 bridgehead atoms. The van der Waals surface area contributed by atoms with E-state index in [1.165, 1.54) is 29.3 Å². The Bertz CT molecular complexity index is 277. The largest absolute Gasteiger partial charge is 0.0614 e. The molecule has 69 valence electrons. The second kappa shape index (κ2) is 3.45. The summed E-state index contributed by atoms with van der Waals surface area (Å²) in [5.41, 5.74) is 1.88. The van der Waals surface area contributed by atoms with Gasteiger partial charge in [0.1, 0.15) is 0 Å². The summed E-state index contributed by atoms with van der Waals surface area (Å²) in [5, 5.41) is 0. The van der Waals surface area contributed by atoms with Gasteiger partial charge in [-0.25, -0.2) is 0 Å². The smallest absolute Gasteiger partial charge is 0.0175 e. The molecule has 0 amide bonds. The Labute approximate surface area is 88.5 Å². The molecule has 2 rings (SSSR count). The van der Waals surface area contributed by atoms with Crippen molar-refractivity contribution in [3.8, 4) is 0 Å². The fourth-order valence-corrected chi connectivity index (χ4v) is 2.35. The van der Waals surface area contributed by atoms with E-state index in [1.54, 1.807) is 0 Å². The van der Waals surface area contributed by atoms with E-state index in [-0.39, 0.29) is 0 Å². The van der Waals surface area contributed by atoms with Crippen LogP contribution in [0.5, 0.6) is 0 Å². The number of hydrogen-bond acceptors (Lipinski definition) is 0. The van der Waals surface area contributed by atoms with Gasteiger partial charge in [-0.05, 0) is 42.4 Å². The molecule has 1 aromatic carbocycles. The van der Waals surface area contributed by atoms with Gasteiger partial charge in [-0.3, -0.25) is 0 Å². The predicted octanol–water partition coefficient (Wildman–Crippen LogP) is 4.09. The van der Waals surface area contributed by atoms with E-state index in [4.69, 9.17) is 0 Å². The van der Waals surface area contributed by atoms with Crippen LogP contribution in [-0.2, 0) is 5.41 Å². The Hall–Kier alpha value is -0.300. The maximum absolute atomic E-state index is 3.46. The summed E-state index contributed by atoms with van der Waals surface area (Å²) >= 11 is 3.46. The molecule has 0 atom stereocenters. The van der Waals surface area contributed by atoms with Gasteiger partial charge in [0.05, 0.1) is 0 Å². The van der Waals surface area contributed by atoms with Crippen LogP contribution < -0.4 is 0 Å². The van der Waals surface area contributed by atoms with Crippen LogP contribution in [0.3, 0.4) is 0 Å². The molecule has 0 heterocycles. The maximum atomic E-state index is 3.46. The summed E-state index contributed by atoms with van der Waals surface area (Å²) in [6, 6.07) is 8.75. The highest BCUT2D eigenvalue weighted by molar-refractivity contribution is 9.10. The van der Waals surface area contributed by atoms with E-state index in [1.807, 2.05) is 0 Å². The van der Waals surface area contributed by atoms with E-state index < -0.39 is 0 Å². The lowest BCUT2D eigenvalue weighted by atomic mass is 9.63.